The average Bonchev–Trinajstić information content (AvgIpc) is 2.99. The number of aliphatic hydroxyl groups excluding tert-OH is 1. The van der Waals surface area contributed by atoms with E-state index in [1.54, 1.807) is 0 Å². The molecule has 5 rings (SSSR count). The summed E-state index contributed by atoms with van der Waals surface area (Å²) < 4.78 is 11.9. The van der Waals surface area contributed by atoms with Gasteiger partial charge in [0.2, 0.25) is 5.79 Å². The van der Waals surface area contributed by atoms with Crippen molar-refractivity contribution in [3.8, 4) is 11.5 Å². The number of ether oxygens (including phenoxy) is 2. The Morgan fingerprint density at radius 3 is 2.18 bits per heavy atom. The molecule has 0 fully saturated rings. The molecule has 0 aromatic heterocycles. The van der Waals surface area contributed by atoms with E-state index in [0.717, 1.165) is 45.0 Å². The fourth-order valence-corrected chi connectivity index (χ4v) is 4.06. The highest BCUT2D eigenvalue weighted by Gasteiger charge is 2.32. The zero-order valence-corrected chi connectivity index (χ0v) is 16.0. The van der Waals surface area contributed by atoms with Crippen molar-refractivity contribution >= 4 is 21.5 Å². The van der Waals surface area contributed by atoms with Crippen LogP contribution in [0.4, 0.5) is 0 Å². The minimum absolute atomic E-state index is 0.0127. The number of rotatable bonds is 3. The lowest BCUT2D eigenvalue weighted by molar-refractivity contribution is -0.0431. The molecule has 3 nitrogen and oxygen atoms in total. The molecule has 0 bridgehead atoms. The summed E-state index contributed by atoms with van der Waals surface area (Å²) in [6.07, 6.45) is 0.887. The number of aliphatic hydroxyl groups is 1. The molecule has 0 unspecified atom stereocenters. The topological polar surface area (TPSA) is 38.7 Å². The van der Waals surface area contributed by atoms with Crippen molar-refractivity contribution in [2.45, 2.75) is 32.7 Å². The van der Waals surface area contributed by atoms with Gasteiger partial charge in [-0.15, -0.1) is 0 Å². The van der Waals surface area contributed by atoms with Crippen molar-refractivity contribution in [1.82, 2.24) is 0 Å². The van der Waals surface area contributed by atoms with Gasteiger partial charge in [0, 0.05) is 13.8 Å². The van der Waals surface area contributed by atoms with Crippen LogP contribution in [0.15, 0.2) is 66.7 Å². The van der Waals surface area contributed by atoms with Crippen LogP contribution < -0.4 is 9.47 Å². The Morgan fingerprint density at radius 1 is 0.750 bits per heavy atom. The van der Waals surface area contributed by atoms with Crippen molar-refractivity contribution < 1.29 is 14.6 Å². The van der Waals surface area contributed by atoms with Gasteiger partial charge in [-0.05, 0) is 62.9 Å². The molecule has 0 atom stereocenters. The summed E-state index contributed by atoms with van der Waals surface area (Å²) in [5.74, 6) is 0.808. The molecule has 1 aliphatic heterocycles. The maximum atomic E-state index is 9.92. The van der Waals surface area contributed by atoms with Gasteiger partial charge in [-0.3, -0.25) is 0 Å². The van der Waals surface area contributed by atoms with Crippen LogP contribution >= 0.6 is 0 Å². The molecule has 140 valence electrons. The SMILES string of the molecule is CC1(C)Oc2cc3c(CO)cc4ccc(Cc5ccccc5)cc4c3cc2O1. The summed E-state index contributed by atoms with van der Waals surface area (Å²) in [6.45, 7) is 3.79. The van der Waals surface area contributed by atoms with Gasteiger partial charge in [0.1, 0.15) is 0 Å². The molecule has 0 saturated carbocycles. The van der Waals surface area contributed by atoms with Crippen LogP contribution in [0.1, 0.15) is 30.5 Å². The average molecular weight is 370 g/mol. The smallest absolute Gasteiger partial charge is 0.246 e. The summed E-state index contributed by atoms with van der Waals surface area (Å²) in [5, 5.41) is 14.3. The first-order valence-corrected chi connectivity index (χ1v) is 9.57. The van der Waals surface area contributed by atoms with Crippen molar-refractivity contribution in [3.05, 3.63) is 83.4 Å². The molecular weight excluding hydrogens is 348 g/mol. The summed E-state index contributed by atoms with van der Waals surface area (Å²) in [6, 6.07) is 23.1. The lowest BCUT2D eigenvalue weighted by Gasteiger charge is -2.16. The zero-order valence-electron chi connectivity index (χ0n) is 16.0. The second kappa shape index (κ2) is 6.25. The van der Waals surface area contributed by atoms with Gasteiger partial charge < -0.3 is 14.6 Å². The van der Waals surface area contributed by atoms with E-state index in [2.05, 4.69) is 48.5 Å². The van der Waals surface area contributed by atoms with Gasteiger partial charge in [-0.25, -0.2) is 0 Å². The molecule has 0 aliphatic carbocycles. The minimum atomic E-state index is -0.673. The maximum Gasteiger partial charge on any atom is 0.246 e. The quantitative estimate of drug-likeness (QED) is 0.478. The second-order valence-corrected chi connectivity index (χ2v) is 7.86. The standard InChI is InChI=1S/C25H22O3/c1-25(2)27-23-13-21-19(15-26)12-18-9-8-17(10-16-6-4-3-5-7-16)11-20(18)22(21)14-24(23)28-25/h3-9,11-14,26H,10,15H2,1-2H3. The third-order valence-corrected chi connectivity index (χ3v) is 5.30. The maximum absolute atomic E-state index is 9.92. The van der Waals surface area contributed by atoms with Gasteiger partial charge >= 0.3 is 0 Å². The molecule has 3 heteroatoms. The number of fused-ring (bicyclic) bond motifs is 4. The Kier molecular flexibility index (Phi) is 3.81. The van der Waals surface area contributed by atoms with E-state index in [1.165, 1.54) is 11.1 Å². The zero-order chi connectivity index (χ0) is 19.3. The highest BCUT2D eigenvalue weighted by molar-refractivity contribution is 6.10. The highest BCUT2D eigenvalue weighted by atomic mass is 16.7. The summed E-state index contributed by atoms with van der Waals surface area (Å²) in [5.41, 5.74) is 3.45. The fourth-order valence-electron chi connectivity index (χ4n) is 4.06. The Labute approximate surface area is 164 Å². The summed E-state index contributed by atoms with van der Waals surface area (Å²) in [7, 11) is 0. The molecule has 28 heavy (non-hydrogen) atoms. The van der Waals surface area contributed by atoms with E-state index in [1.807, 2.05) is 32.0 Å². The molecule has 4 aromatic carbocycles. The first-order valence-electron chi connectivity index (χ1n) is 9.57. The normalized spacial score (nSPS) is 14.7. The Hall–Kier alpha value is -3.04. The third-order valence-electron chi connectivity index (χ3n) is 5.30. The van der Waals surface area contributed by atoms with Gasteiger partial charge in [0.05, 0.1) is 6.61 Å². The molecule has 1 N–H and O–H groups in total. The predicted octanol–water partition coefficient (Wildman–Crippen LogP) is 5.58. The number of hydrogen-bond acceptors (Lipinski definition) is 3. The van der Waals surface area contributed by atoms with Crippen molar-refractivity contribution in [3.63, 3.8) is 0 Å². The second-order valence-electron chi connectivity index (χ2n) is 7.86. The Morgan fingerprint density at radius 2 is 1.46 bits per heavy atom. The molecule has 0 amide bonds. The van der Waals surface area contributed by atoms with Gasteiger partial charge in [-0.2, -0.15) is 0 Å². The molecule has 4 aromatic rings. The molecule has 1 aliphatic rings. The number of hydrogen-bond donors (Lipinski definition) is 1. The molecule has 1 heterocycles. The van der Waals surface area contributed by atoms with E-state index < -0.39 is 5.79 Å². The summed E-state index contributed by atoms with van der Waals surface area (Å²) in [4.78, 5) is 0. The van der Waals surface area contributed by atoms with Crippen LogP contribution in [0.5, 0.6) is 11.5 Å². The molecule has 0 spiro atoms. The van der Waals surface area contributed by atoms with Crippen LogP contribution in [0.2, 0.25) is 0 Å². The van der Waals surface area contributed by atoms with Gasteiger partial charge in [-0.1, -0.05) is 48.5 Å². The first-order chi connectivity index (χ1) is 13.5. The van der Waals surface area contributed by atoms with Crippen molar-refractivity contribution in [2.75, 3.05) is 0 Å². The molecule has 0 saturated heterocycles. The van der Waals surface area contributed by atoms with Crippen LogP contribution in [0.25, 0.3) is 21.5 Å². The van der Waals surface area contributed by atoms with Gasteiger partial charge in [0.25, 0.3) is 0 Å². The minimum Gasteiger partial charge on any atom is -0.449 e. The monoisotopic (exact) mass is 370 g/mol. The Balaban J connectivity index is 1.71. The summed E-state index contributed by atoms with van der Waals surface area (Å²) >= 11 is 0. The van der Waals surface area contributed by atoms with E-state index in [0.29, 0.717) is 0 Å². The van der Waals surface area contributed by atoms with Crippen molar-refractivity contribution in [2.24, 2.45) is 0 Å². The van der Waals surface area contributed by atoms with Gasteiger partial charge in [0.15, 0.2) is 11.5 Å². The van der Waals surface area contributed by atoms with Crippen LogP contribution in [0, 0.1) is 0 Å². The predicted molar refractivity (Wildman–Crippen MR) is 112 cm³/mol. The van der Waals surface area contributed by atoms with Crippen LogP contribution in [-0.2, 0) is 13.0 Å². The largest absolute Gasteiger partial charge is 0.449 e. The lowest BCUT2D eigenvalue weighted by Crippen LogP contribution is -2.29. The third kappa shape index (κ3) is 2.88. The van der Waals surface area contributed by atoms with Crippen LogP contribution in [-0.4, -0.2) is 10.9 Å². The first kappa shape index (κ1) is 17.1. The molecular formula is C25H22O3. The number of benzene rings is 4. The fraction of sp³-hybridized carbons (Fsp3) is 0.200. The lowest BCUT2D eigenvalue weighted by atomic mass is 9.94. The molecule has 0 radical (unpaired) electrons. The van der Waals surface area contributed by atoms with E-state index in [9.17, 15) is 5.11 Å². The Bertz CT molecular complexity index is 1190. The highest BCUT2D eigenvalue weighted by Crippen LogP contribution is 2.44. The van der Waals surface area contributed by atoms with E-state index in [4.69, 9.17) is 9.47 Å². The van der Waals surface area contributed by atoms with E-state index >= 15 is 0 Å². The van der Waals surface area contributed by atoms with E-state index in [-0.39, 0.29) is 6.61 Å². The van der Waals surface area contributed by atoms with Crippen LogP contribution in [0.3, 0.4) is 0 Å². The van der Waals surface area contributed by atoms with Crippen molar-refractivity contribution in [1.29, 1.82) is 0 Å².